The summed E-state index contributed by atoms with van der Waals surface area (Å²) in [5.74, 6) is 0.126. The molecule has 2 atom stereocenters. The third-order valence-corrected chi connectivity index (χ3v) is 5.84. The Kier molecular flexibility index (Phi) is 3.18. The van der Waals surface area contributed by atoms with E-state index in [1.807, 2.05) is 18.2 Å². The monoisotopic (exact) mass is 296 g/mol. The number of likely N-dealkylation sites (tertiary alicyclic amines) is 1. The minimum Gasteiger partial charge on any atom is -0.465 e. The SMILES string of the molecule is O=C(O)N1CC2CN(S(=O)(=O)Cc3ccccc3)C2C1. The van der Waals surface area contributed by atoms with E-state index >= 15 is 0 Å². The second kappa shape index (κ2) is 4.75. The molecule has 2 heterocycles. The lowest BCUT2D eigenvalue weighted by molar-refractivity contribution is 0.147. The molecular weight excluding hydrogens is 280 g/mol. The van der Waals surface area contributed by atoms with Crippen LogP contribution in [0.2, 0.25) is 0 Å². The van der Waals surface area contributed by atoms with Crippen LogP contribution in [0, 0.1) is 5.92 Å². The van der Waals surface area contributed by atoms with Gasteiger partial charge in [-0.15, -0.1) is 0 Å². The van der Waals surface area contributed by atoms with Gasteiger partial charge >= 0.3 is 6.09 Å². The summed E-state index contributed by atoms with van der Waals surface area (Å²) < 4.78 is 26.2. The van der Waals surface area contributed by atoms with Crippen molar-refractivity contribution in [3.8, 4) is 0 Å². The van der Waals surface area contributed by atoms with E-state index in [1.165, 1.54) is 9.21 Å². The van der Waals surface area contributed by atoms with Gasteiger partial charge in [-0.25, -0.2) is 13.2 Å². The summed E-state index contributed by atoms with van der Waals surface area (Å²) >= 11 is 0. The Morgan fingerprint density at radius 3 is 2.55 bits per heavy atom. The largest absolute Gasteiger partial charge is 0.465 e. The van der Waals surface area contributed by atoms with Crippen molar-refractivity contribution in [3.05, 3.63) is 35.9 Å². The van der Waals surface area contributed by atoms with Crippen LogP contribution in [0.1, 0.15) is 5.56 Å². The molecule has 6 nitrogen and oxygen atoms in total. The highest BCUT2D eigenvalue weighted by molar-refractivity contribution is 7.88. The average molecular weight is 296 g/mol. The van der Waals surface area contributed by atoms with Crippen LogP contribution in [-0.2, 0) is 15.8 Å². The fourth-order valence-corrected chi connectivity index (χ4v) is 4.78. The van der Waals surface area contributed by atoms with E-state index in [0.29, 0.717) is 13.1 Å². The standard InChI is InChI=1S/C13H16N2O4S/c16-13(17)14-6-11-7-15(12(11)8-14)20(18,19)9-10-4-2-1-3-5-10/h1-5,11-12H,6-9H2,(H,16,17). The third kappa shape index (κ3) is 2.27. The highest BCUT2D eigenvalue weighted by Crippen LogP contribution is 2.35. The molecule has 0 aliphatic carbocycles. The van der Waals surface area contributed by atoms with Gasteiger partial charge in [0, 0.05) is 31.6 Å². The number of sulfonamides is 1. The van der Waals surface area contributed by atoms with E-state index in [-0.39, 0.29) is 24.3 Å². The van der Waals surface area contributed by atoms with E-state index < -0.39 is 16.1 Å². The summed E-state index contributed by atoms with van der Waals surface area (Å²) in [7, 11) is -3.37. The lowest BCUT2D eigenvalue weighted by Gasteiger charge is -2.41. The molecule has 7 heteroatoms. The highest BCUT2D eigenvalue weighted by atomic mass is 32.2. The summed E-state index contributed by atoms with van der Waals surface area (Å²) in [4.78, 5) is 12.2. The molecule has 2 aliphatic heterocycles. The zero-order chi connectivity index (χ0) is 14.3. The maximum atomic E-state index is 12.4. The van der Waals surface area contributed by atoms with E-state index in [4.69, 9.17) is 5.11 Å². The van der Waals surface area contributed by atoms with Gasteiger partial charge in [-0.1, -0.05) is 30.3 Å². The van der Waals surface area contributed by atoms with Crippen LogP contribution in [0.15, 0.2) is 30.3 Å². The van der Waals surface area contributed by atoms with Crippen molar-refractivity contribution >= 4 is 16.1 Å². The van der Waals surface area contributed by atoms with Gasteiger partial charge in [0.1, 0.15) is 0 Å². The number of carbonyl (C=O) groups is 1. The molecule has 2 unspecified atom stereocenters. The van der Waals surface area contributed by atoms with E-state index in [9.17, 15) is 13.2 Å². The number of carboxylic acid groups (broad SMARTS) is 1. The number of benzene rings is 1. The topological polar surface area (TPSA) is 77.9 Å². The van der Waals surface area contributed by atoms with Crippen molar-refractivity contribution < 1.29 is 18.3 Å². The molecule has 0 saturated carbocycles. The fourth-order valence-electron chi connectivity index (χ4n) is 2.93. The van der Waals surface area contributed by atoms with Gasteiger partial charge in [0.15, 0.2) is 0 Å². The number of amides is 1. The molecule has 1 N–H and O–H groups in total. The van der Waals surface area contributed by atoms with Crippen LogP contribution in [0.3, 0.4) is 0 Å². The van der Waals surface area contributed by atoms with Gasteiger partial charge in [0.25, 0.3) is 0 Å². The summed E-state index contributed by atoms with van der Waals surface area (Å²) in [6, 6.07) is 8.86. The molecule has 1 aromatic rings. The Morgan fingerprint density at radius 2 is 1.90 bits per heavy atom. The van der Waals surface area contributed by atoms with Crippen LogP contribution < -0.4 is 0 Å². The van der Waals surface area contributed by atoms with Crippen molar-refractivity contribution in [3.63, 3.8) is 0 Å². The highest BCUT2D eigenvalue weighted by Gasteiger charge is 2.51. The van der Waals surface area contributed by atoms with Crippen molar-refractivity contribution in [2.75, 3.05) is 19.6 Å². The maximum Gasteiger partial charge on any atom is 0.407 e. The second-order valence-corrected chi connectivity index (χ2v) is 7.25. The minimum atomic E-state index is -3.37. The van der Waals surface area contributed by atoms with Crippen molar-refractivity contribution in [2.45, 2.75) is 11.8 Å². The summed E-state index contributed by atoms with van der Waals surface area (Å²) in [6.45, 7) is 1.16. The fraction of sp³-hybridized carbons (Fsp3) is 0.462. The van der Waals surface area contributed by atoms with Crippen LogP contribution in [0.5, 0.6) is 0 Å². The molecule has 2 aliphatic rings. The molecule has 20 heavy (non-hydrogen) atoms. The summed E-state index contributed by atoms with van der Waals surface area (Å²) in [5.41, 5.74) is 0.754. The molecule has 0 aromatic heterocycles. The number of hydrogen-bond acceptors (Lipinski definition) is 3. The lowest BCUT2D eigenvalue weighted by Crippen LogP contribution is -2.58. The molecular formula is C13H16N2O4S. The van der Waals surface area contributed by atoms with Crippen LogP contribution >= 0.6 is 0 Å². The zero-order valence-corrected chi connectivity index (χ0v) is 11.7. The van der Waals surface area contributed by atoms with Crippen molar-refractivity contribution in [1.29, 1.82) is 0 Å². The van der Waals surface area contributed by atoms with Crippen molar-refractivity contribution in [2.24, 2.45) is 5.92 Å². The predicted octanol–water partition coefficient (Wildman–Crippen LogP) is 0.810. The average Bonchev–Trinajstić information content (AvgIpc) is 2.67. The molecule has 3 rings (SSSR count). The molecule has 108 valence electrons. The number of fused-ring (bicyclic) bond motifs is 1. The minimum absolute atomic E-state index is 0.0237. The van der Waals surface area contributed by atoms with Crippen LogP contribution in [-0.4, -0.2) is 54.5 Å². The molecule has 0 radical (unpaired) electrons. The Labute approximate surface area is 117 Å². The van der Waals surface area contributed by atoms with Gasteiger partial charge in [-0.2, -0.15) is 4.31 Å². The number of nitrogens with zero attached hydrogens (tertiary/aromatic N) is 2. The molecule has 0 spiro atoms. The molecule has 2 saturated heterocycles. The zero-order valence-electron chi connectivity index (χ0n) is 10.8. The number of hydrogen-bond donors (Lipinski definition) is 1. The van der Waals surface area contributed by atoms with E-state index in [1.54, 1.807) is 12.1 Å². The van der Waals surface area contributed by atoms with Gasteiger partial charge in [-0.05, 0) is 5.56 Å². The predicted molar refractivity (Wildman–Crippen MR) is 72.6 cm³/mol. The Morgan fingerprint density at radius 1 is 1.20 bits per heavy atom. The van der Waals surface area contributed by atoms with Gasteiger partial charge < -0.3 is 10.0 Å². The third-order valence-electron chi connectivity index (χ3n) is 4.01. The molecule has 1 aromatic carbocycles. The van der Waals surface area contributed by atoms with E-state index in [2.05, 4.69) is 0 Å². The Balaban J connectivity index is 1.70. The first-order valence-electron chi connectivity index (χ1n) is 6.49. The summed E-state index contributed by atoms with van der Waals surface area (Å²) in [6.07, 6.45) is -0.972. The first-order chi connectivity index (χ1) is 9.47. The molecule has 1 amide bonds. The first-order valence-corrected chi connectivity index (χ1v) is 8.09. The normalized spacial score (nSPS) is 26.1. The van der Waals surface area contributed by atoms with E-state index in [0.717, 1.165) is 5.56 Å². The van der Waals surface area contributed by atoms with Gasteiger partial charge in [0.05, 0.1) is 5.75 Å². The van der Waals surface area contributed by atoms with Gasteiger partial charge in [0.2, 0.25) is 10.0 Å². The second-order valence-electron chi connectivity index (χ2n) is 5.33. The Bertz CT molecular complexity index is 617. The smallest absolute Gasteiger partial charge is 0.407 e. The quantitative estimate of drug-likeness (QED) is 0.895. The van der Waals surface area contributed by atoms with Crippen LogP contribution in [0.25, 0.3) is 0 Å². The molecule has 2 fully saturated rings. The van der Waals surface area contributed by atoms with Gasteiger partial charge in [-0.3, -0.25) is 0 Å². The molecule has 0 bridgehead atoms. The van der Waals surface area contributed by atoms with Crippen molar-refractivity contribution in [1.82, 2.24) is 9.21 Å². The first kappa shape index (κ1) is 13.4. The van der Waals surface area contributed by atoms with Crippen LogP contribution in [0.4, 0.5) is 4.79 Å². The Hall–Kier alpha value is -1.60. The summed E-state index contributed by atoms with van der Waals surface area (Å²) in [5, 5.41) is 8.96. The number of rotatable bonds is 3. The lowest BCUT2D eigenvalue weighted by atomic mass is 9.96. The maximum absolute atomic E-state index is 12.4.